The third-order valence-corrected chi connectivity index (χ3v) is 6.61. The molecule has 2 rings (SSSR count). The van der Waals surface area contributed by atoms with Crippen LogP contribution in [0.4, 0.5) is 0 Å². The minimum Gasteiger partial charge on any atom is -0.480 e. The summed E-state index contributed by atoms with van der Waals surface area (Å²) in [6, 6.07) is 5.10. The minimum atomic E-state index is -3.56. The molecule has 8 nitrogen and oxygen atoms in total. The molecule has 0 bridgehead atoms. The summed E-state index contributed by atoms with van der Waals surface area (Å²) < 4.78 is 31.9. The first-order chi connectivity index (χ1) is 12.7. The van der Waals surface area contributed by atoms with E-state index in [9.17, 15) is 18.0 Å². The molecule has 0 saturated carbocycles. The van der Waals surface area contributed by atoms with E-state index in [1.165, 1.54) is 4.31 Å². The van der Waals surface area contributed by atoms with Crippen molar-refractivity contribution in [1.29, 1.82) is 0 Å². The molecule has 150 valence electrons. The van der Waals surface area contributed by atoms with Crippen molar-refractivity contribution in [3.05, 3.63) is 29.3 Å². The van der Waals surface area contributed by atoms with Crippen molar-refractivity contribution in [2.75, 3.05) is 32.8 Å². The van der Waals surface area contributed by atoms with Gasteiger partial charge in [0.25, 0.3) is 0 Å². The van der Waals surface area contributed by atoms with E-state index in [0.29, 0.717) is 25.9 Å². The van der Waals surface area contributed by atoms with Gasteiger partial charge in [0.15, 0.2) is 0 Å². The van der Waals surface area contributed by atoms with Crippen LogP contribution in [0.1, 0.15) is 24.0 Å². The number of nitrogens with one attached hydrogen (secondary N) is 1. The van der Waals surface area contributed by atoms with Crippen LogP contribution in [0.5, 0.6) is 0 Å². The first-order valence-corrected chi connectivity index (χ1v) is 10.3. The molecule has 2 N–H and O–H groups in total. The summed E-state index contributed by atoms with van der Waals surface area (Å²) in [4.78, 5) is 22.8. The standard InChI is InChI=1S/C18H26N2O6S/c1-13-3-4-16(11-14(13)2)27(24,25)20-8-5-15(6-9-20)18(23)19-7-10-26-12-17(21)22/h3-4,11,15H,5-10,12H2,1-2H3,(H,19,23)(H,21,22). The molecule has 0 spiro atoms. The third-order valence-electron chi connectivity index (χ3n) is 4.71. The molecule has 9 heteroatoms. The summed E-state index contributed by atoms with van der Waals surface area (Å²) >= 11 is 0. The largest absolute Gasteiger partial charge is 0.480 e. The maximum Gasteiger partial charge on any atom is 0.329 e. The Morgan fingerprint density at radius 3 is 2.48 bits per heavy atom. The number of sulfonamides is 1. The van der Waals surface area contributed by atoms with Crippen molar-refractivity contribution in [3.8, 4) is 0 Å². The highest BCUT2D eigenvalue weighted by atomic mass is 32.2. The van der Waals surface area contributed by atoms with Gasteiger partial charge in [0, 0.05) is 25.6 Å². The van der Waals surface area contributed by atoms with Gasteiger partial charge < -0.3 is 15.2 Å². The lowest BCUT2D eigenvalue weighted by molar-refractivity contribution is -0.142. The van der Waals surface area contributed by atoms with Crippen molar-refractivity contribution < 1.29 is 27.9 Å². The molecular formula is C18H26N2O6S. The van der Waals surface area contributed by atoms with Crippen molar-refractivity contribution in [2.45, 2.75) is 31.6 Å². The van der Waals surface area contributed by atoms with Crippen LogP contribution in [0, 0.1) is 19.8 Å². The molecular weight excluding hydrogens is 372 g/mol. The van der Waals surface area contributed by atoms with Gasteiger partial charge in [-0.3, -0.25) is 4.79 Å². The predicted molar refractivity (Wildman–Crippen MR) is 98.9 cm³/mol. The third kappa shape index (κ3) is 5.75. The first kappa shape index (κ1) is 21.3. The molecule has 1 fully saturated rings. The second-order valence-corrected chi connectivity index (χ2v) is 8.60. The van der Waals surface area contributed by atoms with Crippen LogP contribution >= 0.6 is 0 Å². The number of carboxylic acid groups (broad SMARTS) is 1. The number of hydrogen-bond acceptors (Lipinski definition) is 5. The predicted octanol–water partition coefficient (Wildman–Crippen LogP) is 0.922. The molecule has 1 heterocycles. The molecule has 0 unspecified atom stereocenters. The lowest BCUT2D eigenvalue weighted by Crippen LogP contribution is -2.43. The van der Waals surface area contributed by atoms with Crippen LogP contribution in [0.2, 0.25) is 0 Å². The van der Waals surface area contributed by atoms with Gasteiger partial charge in [-0.25, -0.2) is 13.2 Å². The SMILES string of the molecule is Cc1ccc(S(=O)(=O)N2CCC(C(=O)NCCOCC(=O)O)CC2)cc1C. The lowest BCUT2D eigenvalue weighted by atomic mass is 9.97. The number of carbonyl (C=O) groups excluding carboxylic acids is 1. The zero-order valence-corrected chi connectivity index (χ0v) is 16.4. The maximum absolute atomic E-state index is 12.8. The van der Waals surface area contributed by atoms with E-state index < -0.39 is 22.6 Å². The van der Waals surface area contributed by atoms with Crippen LogP contribution in [-0.4, -0.2) is 62.6 Å². The molecule has 0 aromatic heterocycles. The molecule has 1 aliphatic rings. The number of rotatable bonds is 8. The number of ether oxygens (including phenoxy) is 1. The van der Waals surface area contributed by atoms with Gasteiger partial charge in [0.2, 0.25) is 15.9 Å². The Hall–Kier alpha value is -1.97. The summed E-state index contributed by atoms with van der Waals surface area (Å²) in [5.74, 6) is -1.47. The molecule has 1 aliphatic heterocycles. The summed E-state index contributed by atoms with van der Waals surface area (Å²) in [6.07, 6.45) is 0.901. The number of benzene rings is 1. The van der Waals surface area contributed by atoms with Crippen LogP contribution in [-0.2, 0) is 24.3 Å². The number of aryl methyl sites for hydroxylation is 2. The van der Waals surface area contributed by atoms with E-state index in [-0.39, 0.29) is 29.9 Å². The number of amides is 1. The molecule has 0 aliphatic carbocycles. The molecule has 0 atom stereocenters. The van der Waals surface area contributed by atoms with Gasteiger partial charge >= 0.3 is 5.97 Å². The Labute approximate surface area is 159 Å². The van der Waals surface area contributed by atoms with Gasteiger partial charge in [-0.05, 0) is 49.9 Å². The van der Waals surface area contributed by atoms with Crippen LogP contribution < -0.4 is 5.32 Å². The Bertz CT molecular complexity index is 785. The van der Waals surface area contributed by atoms with Crippen molar-refractivity contribution in [2.24, 2.45) is 5.92 Å². The number of carboxylic acids is 1. The second kappa shape index (κ2) is 9.29. The smallest absolute Gasteiger partial charge is 0.329 e. The quantitative estimate of drug-likeness (QED) is 0.630. The van der Waals surface area contributed by atoms with E-state index in [1.54, 1.807) is 18.2 Å². The Morgan fingerprint density at radius 2 is 1.89 bits per heavy atom. The Balaban J connectivity index is 1.84. The monoisotopic (exact) mass is 398 g/mol. The molecule has 1 amide bonds. The first-order valence-electron chi connectivity index (χ1n) is 8.86. The summed E-state index contributed by atoms with van der Waals surface area (Å²) in [6.45, 7) is 4.36. The van der Waals surface area contributed by atoms with Gasteiger partial charge in [-0.1, -0.05) is 6.07 Å². The van der Waals surface area contributed by atoms with Gasteiger partial charge in [0.1, 0.15) is 6.61 Å². The summed E-state index contributed by atoms with van der Waals surface area (Å²) in [7, 11) is -3.56. The summed E-state index contributed by atoms with van der Waals surface area (Å²) in [5.41, 5.74) is 1.96. The number of hydrogen-bond donors (Lipinski definition) is 2. The zero-order chi connectivity index (χ0) is 20.0. The fourth-order valence-electron chi connectivity index (χ4n) is 2.93. The van der Waals surface area contributed by atoms with E-state index in [4.69, 9.17) is 9.84 Å². The second-order valence-electron chi connectivity index (χ2n) is 6.66. The number of aliphatic carboxylic acids is 1. The molecule has 27 heavy (non-hydrogen) atoms. The molecule has 0 radical (unpaired) electrons. The van der Waals surface area contributed by atoms with Crippen molar-refractivity contribution in [1.82, 2.24) is 9.62 Å². The van der Waals surface area contributed by atoms with Crippen molar-refractivity contribution >= 4 is 21.9 Å². The fourth-order valence-corrected chi connectivity index (χ4v) is 4.49. The fraction of sp³-hybridized carbons (Fsp3) is 0.556. The molecule has 1 aromatic carbocycles. The van der Waals surface area contributed by atoms with Crippen LogP contribution in [0.25, 0.3) is 0 Å². The highest BCUT2D eigenvalue weighted by molar-refractivity contribution is 7.89. The van der Waals surface area contributed by atoms with Gasteiger partial charge in [-0.15, -0.1) is 0 Å². The van der Waals surface area contributed by atoms with Crippen LogP contribution in [0.15, 0.2) is 23.1 Å². The molecule has 1 saturated heterocycles. The van der Waals surface area contributed by atoms with Crippen molar-refractivity contribution in [3.63, 3.8) is 0 Å². The Morgan fingerprint density at radius 1 is 1.22 bits per heavy atom. The highest BCUT2D eigenvalue weighted by Crippen LogP contribution is 2.25. The maximum atomic E-state index is 12.8. The number of nitrogens with zero attached hydrogens (tertiary/aromatic N) is 1. The van der Waals surface area contributed by atoms with E-state index in [0.717, 1.165) is 11.1 Å². The average molecular weight is 398 g/mol. The van der Waals surface area contributed by atoms with Gasteiger partial charge in [0.05, 0.1) is 11.5 Å². The lowest BCUT2D eigenvalue weighted by Gasteiger charge is -2.30. The van der Waals surface area contributed by atoms with Crippen LogP contribution in [0.3, 0.4) is 0 Å². The average Bonchev–Trinajstić information content (AvgIpc) is 2.63. The number of piperidine rings is 1. The number of carbonyl (C=O) groups is 2. The van der Waals surface area contributed by atoms with E-state index in [2.05, 4.69) is 5.32 Å². The van der Waals surface area contributed by atoms with Gasteiger partial charge in [-0.2, -0.15) is 4.31 Å². The normalized spacial score (nSPS) is 16.2. The minimum absolute atomic E-state index is 0.123. The van der Waals surface area contributed by atoms with E-state index >= 15 is 0 Å². The van der Waals surface area contributed by atoms with E-state index in [1.807, 2.05) is 13.8 Å². The topological polar surface area (TPSA) is 113 Å². The Kier molecular flexibility index (Phi) is 7.34. The zero-order valence-electron chi connectivity index (χ0n) is 15.6. The molecule has 1 aromatic rings. The highest BCUT2D eigenvalue weighted by Gasteiger charge is 2.32. The summed E-state index contributed by atoms with van der Waals surface area (Å²) in [5, 5.41) is 11.2.